The van der Waals surface area contributed by atoms with Gasteiger partial charge in [0.25, 0.3) is 0 Å². The van der Waals surface area contributed by atoms with Gasteiger partial charge in [-0.25, -0.2) is 14.2 Å². The Morgan fingerprint density at radius 2 is 1.94 bits per heavy atom. The van der Waals surface area contributed by atoms with Crippen LogP contribution in [0.4, 0.5) is 8.78 Å². The van der Waals surface area contributed by atoms with Crippen molar-refractivity contribution in [1.82, 2.24) is 4.98 Å². The fraction of sp³-hybridized carbons (Fsp3) is 0.538. The van der Waals surface area contributed by atoms with Crippen molar-refractivity contribution in [1.29, 1.82) is 0 Å². The first-order valence-electron chi connectivity index (χ1n) is 11.6. The number of benzene rings is 1. The summed E-state index contributed by atoms with van der Waals surface area (Å²) in [6, 6.07) is 8.69. The molecule has 2 aromatic rings. The summed E-state index contributed by atoms with van der Waals surface area (Å²) >= 11 is 0. The second-order valence-corrected chi connectivity index (χ2v) is 9.55. The first kappa shape index (κ1) is 23.5. The number of carboxylic acid groups (broad SMARTS) is 1. The number of pyridine rings is 1. The molecule has 0 spiro atoms. The summed E-state index contributed by atoms with van der Waals surface area (Å²) in [5.74, 6) is -0.678. The molecule has 2 saturated carbocycles. The molecule has 4 rings (SSSR count). The third-order valence-electron chi connectivity index (χ3n) is 7.17. The molecule has 1 aromatic carbocycles. The van der Waals surface area contributed by atoms with Crippen LogP contribution in [0.1, 0.15) is 68.4 Å². The molecule has 1 aromatic heterocycles. The Morgan fingerprint density at radius 1 is 1.21 bits per heavy atom. The summed E-state index contributed by atoms with van der Waals surface area (Å²) < 4.78 is 40.1. The van der Waals surface area contributed by atoms with Crippen molar-refractivity contribution in [3.63, 3.8) is 0 Å². The smallest absolute Gasteiger partial charge is 0.341 e. The zero-order valence-corrected chi connectivity index (χ0v) is 19.1. The number of halogens is 2. The predicted molar refractivity (Wildman–Crippen MR) is 120 cm³/mol. The number of carbonyl (C=O) groups is 1. The molecule has 33 heavy (non-hydrogen) atoms. The fourth-order valence-corrected chi connectivity index (χ4v) is 5.16. The molecule has 2 atom stereocenters. The van der Waals surface area contributed by atoms with Gasteiger partial charge in [0.1, 0.15) is 11.5 Å². The molecule has 178 valence electrons. The van der Waals surface area contributed by atoms with Crippen molar-refractivity contribution in [2.24, 2.45) is 11.8 Å². The predicted octanol–water partition coefficient (Wildman–Crippen LogP) is 5.89. The summed E-state index contributed by atoms with van der Waals surface area (Å²) in [6.07, 6.45) is 6.85. The third-order valence-corrected chi connectivity index (χ3v) is 7.17. The van der Waals surface area contributed by atoms with E-state index < -0.39 is 23.5 Å². The Hall–Kier alpha value is -2.70. The number of hydrogen-bond donors (Lipinski definition) is 1. The van der Waals surface area contributed by atoms with E-state index in [1.54, 1.807) is 25.3 Å². The molecule has 0 bridgehead atoms. The lowest BCUT2D eigenvalue weighted by Crippen LogP contribution is -2.38. The standard InChI is InChI=1S/C26H31F2NO4/c1-26(28,25(30)31)24(18-10-11-18)19-4-3-5-20(12-19)33-15-16-6-8-17(9-7-16)21-13-23(27)29-14-22(21)32-2/h3-5,12-14,16-18,24H,6-11,15H2,1-2H3,(H,30,31)/t16?,17?,24-,26?/m0/s1. The number of carboxylic acids is 1. The molecule has 1 unspecified atom stereocenters. The number of aromatic nitrogens is 1. The first-order chi connectivity index (χ1) is 15.8. The normalized spacial score (nSPS) is 23.4. The zero-order valence-electron chi connectivity index (χ0n) is 19.1. The summed E-state index contributed by atoms with van der Waals surface area (Å²) in [5.41, 5.74) is -0.764. The van der Waals surface area contributed by atoms with E-state index in [9.17, 15) is 14.3 Å². The van der Waals surface area contributed by atoms with E-state index in [4.69, 9.17) is 9.47 Å². The van der Waals surface area contributed by atoms with Gasteiger partial charge in [0.2, 0.25) is 11.6 Å². The van der Waals surface area contributed by atoms with Crippen LogP contribution in [0.3, 0.4) is 0 Å². The van der Waals surface area contributed by atoms with Crippen molar-refractivity contribution in [3.05, 3.63) is 53.6 Å². The van der Waals surface area contributed by atoms with Crippen LogP contribution >= 0.6 is 0 Å². The van der Waals surface area contributed by atoms with Crippen LogP contribution in [-0.4, -0.2) is 35.4 Å². The van der Waals surface area contributed by atoms with E-state index in [2.05, 4.69) is 4.98 Å². The van der Waals surface area contributed by atoms with Crippen LogP contribution in [-0.2, 0) is 4.79 Å². The Kier molecular flexibility index (Phi) is 6.86. The van der Waals surface area contributed by atoms with E-state index >= 15 is 4.39 Å². The van der Waals surface area contributed by atoms with Crippen LogP contribution in [0.25, 0.3) is 0 Å². The zero-order chi connectivity index (χ0) is 23.6. The maximum absolute atomic E-state index is 15.0. The highest BCUT2D eigenvalue weighted by atomic mass is 19.1. The number of alkyl halides is 1. The largest absolute Gasteiger partial charge is 0.495 e. The van der Waals surface area contributed by atoms with Crippen molar-refractivity contribution in [2.75, 3.05) is 13.7 Å². The highest BCUT2D eigenvalue weighted by molar-refractivity contribution is 5.78. The molecule has 7 heteroatoms. The minimum atomic E-state index is -2.31. The summed E-state index contributed by atoms with van der Waals surface area (Å²) in [5, 5.41) is 9.41. The number of ether oxygens (including phenoxy) is 2. The minimum Gasteiger partial charge on any atom is -0.495 e. The highest BCUT2D eigenvalue weighted by Crippen LogP contribution is 2.50. The van der Waals surface area contributed by atoms with Crippen molar-refractivity contribution in [3.8, 4) is 11.5 Å². The molecule has 0 saturated heterocycles. The van der Waals surface area contributed by atoms with Crippen molar-refractivity contribution < 1.29 is 28.2 Å². The molecule has 1 N–H and O–H groups in total. The molecule has 1 heterocycles. The molecular formula is C26H31F2NO4. The van der Waals surface area contributed by atoms with Gasteiger partial charge in [0, 0.05) is 17.5 Å². The molecule has 0 aliphatic heterocycles. The van der Waals surface area contributed by atoms with Crippen LogP contribution < -0.4 is 9.47 Å². The van der Waals surface area contributed by atoms with E-state index in [0.29, 0.717) is 29.6 Å². The lowest BCUT2D eigenvalue weighted by Gasteiger charge is -2.30. The minimum absolute atomic E-state index is 0.0524. The van der Waals surface area contributed by atoms with Crippen molar-refractivity contribution in [2.45, 2.75) is 63.0 Å². The van der Waals surface area contributed by atoms with Gasteiger partial charge in [-0.15, -0.1) is 0 Å². The van der Waals surface area contributed by atoms with Crippen LogP contribution in [0.15, 0.2) is 36.5 Å². The highest BCUT2D eigenvalue weighted by Gasteiger charge is 2.50. The summed E-state index contributed by atoms with van der Waals surface area (Å²) in [4.78, 5) is 15.2. The average molecular weight is 460 g/mol. The van der Waals surface area contributed by atoms with Gasteiger partial charge in [0.05, 0.1) is 19.9 Å². The van der Waals surface area contributed by atoms with Crippen LogP contribution in [0.2, 0.25) is 0 Å². The van der Waals surface area contributed by atoms with Gasteiger partial charge >= 0.3 is 5.97 Å². The monoisotopic (exact) mass is 459 g/mol. The molecule has 2 aliphatic carbocycles. The molecule has 2 fully saturated rings. The summed E-state index contributed by atoms with van der Waals surface area (Å²) in [7, 11) is 1.57. The van der Waals surface area contributed by atoms with E-state index in [1.165, 1.54) is 12.3 Å². The Labute approximate surface area is 193 Å². The van der Waals surface area contributed by atoms with Gasteiger partial charge in [-0.2, -0.15) is 4.39 Å². The van der Waals surface area contributed by atoms with Crippen LogP contribution in [0.5, 0.6) is 11.5 Å². The Bertz CT molecular complexity index is 984. The van der Waals surface area contributed by atoms with E-state index in [0.717, 1.165) is 51.0 Å². The van der Waals surface area contributed by atoms with Gasteiger partial charge in [-0.3, -0.25) is 0 Å². The Morgan fingerprint density at radius 3 is 2.58 bits per heavy atom. The fourth-order valence-electron chi connectivity index (χ4n) is 5.16. The van der Waals surface area contributed by atoms with Gasteiger partial charge in [0.15, 0.2) is 0 Å². The average Bonchev–Trinajstić information content (AvgIpc) is 3.63. The molecule has 0 amide bonds. The lowest BCUT2D eigenvalue weighted by molar-refractivity contribution is -0.151. The molecule has 2 aliphatic rings. The molecular weight excluding hydrogens is 428 g/mol. The van der Waals surface area contributed by atoms with Gasteiger partial charge < -0.3 is 14.6 Å². The second-order valence-electron chi connectivity index (χ2n) is 9.55. The van der Waals surface area contributed by atoms with Crippen molar-refractivity contribution >= 4 is 5.97 Å². The number of hydrogen-bond acceptors (Lipinski definition) is 4. The maximum atomic E-state index is 15.0. The summed E-state index contributed by atoms with van der Waals surface area (Å²) in [6.45, 7) is 1.70. The maximum Gasteiger partial charge on any atom is 0.341 e. The topological polar surface area (TPSA) is 68.7 Å². The molecule has 0 radical (unpaired) electrons. The lowest BCUT2D eigenvalue weighted by atomic mass is 9.79. The van der Waals surface area contributed by atoms with Gasteiger partial charge in [-0.05, 0) is 80.9 Å². The number of nitrogens with zero attached hydrogens (tertiary/aromatic N) is 1. The number of methoxy groups -OCH3 is 1. The quantitative estimate of drug-likeness (QED) is 0.474. The Balaban J connectivity index is 1.36. The second kappa shape index (κ2) is 9.65. The number of rotatable bonds is 9. The number of aliphatic carboxylic acids is 1. The van der Waals surface area contributed by atoms with E-state index in [1.807, 2.05) is 6.07 Å². The van der Waals surface area contributed by atoms with Gasteiger partial charge in [-0.1, -0.05) is 12.1 Å². The molecule has 5 nitrogen and oxygen atoms in total. The SMILES string of the molecule is COc1cnc(F)cc1C1CCC(COc2cccc([C@H](C3CC3)C(C)(F)C(=O)O)c2)CC1. The van der Waals surface area contributed by atoms with E-state index in [-0.39, 0.29) is 11.8 Å². The first-order valence-corrected chi connectivity index (χ1v) is 11.6. The van der Waals surface area contributed by atoms with Crippen LogP contribution in [0, 0.1) is 17.8 Å². The third kappa shape index (κ3) is 5.28.